The van der Waals surface area contributed by atoms with E-state index in [1.165, 1.54) is 11.3 Å². The Morgan fingerprint density at radius 1 is 1.17 bits per heavy atom. The first-order valence-electron chi connectivity index (χ1n) is 7.53. The Labute approximate surface area is 144 Å². The Morgan fingerprint density at radius 2 is 2.00 bits per heavy atom. The van der Waals surface area contributed by atoms with Gasteiger partial charge < -0.3 is 9.47 Å². The summed E-state index contributed by atoms with van der Waals surface area (Å²) >= 11 is 1.50. The SMILES string of the molecule is COCCN(C(=O)c1cccc(OC)c1)c1nc2ccccc2s1. The van der Waals surface area contributed by atoms with Crippen LogP contribution in [0.1, 0.15) is 10.4 Å². The lowest BCUT2D eigenvalue weighted by atomic mass is 10.2. The molecule has 3 rings (SSSR count). The Morgan fingerprint density at radius 3 is 2.75 bits per heavy atom. The molecule has 24 heavy (non-hydrogen) atoms. The first kappa shape index (κ1) is 16.4. The monoisotopic (exact) mass is 342 g/mol. The van der Waals surface area contributed by atoms with E-state index in [0.29, 0.717) is 29.6 Å². The number of carbonyl (C=O) groups excluding carboxylic acids is 1. The first-order valence-corrected chi connectivity index (χ1v) is 8.35. The van der Waals surface area contributed by atoms with E-state index in [4.69, 9.17) is 9.47 Å². The highest BCUT2D eigenvalue weighted by Crippen LogP contribution is 2.29. The fraction of sp³-hybridized carbons (Fsp3) is 0.222. The maximum atomic E-state index is 13.0. The number of thiazole rings is 1. The van der Waals surface area contributed by atoms with Crippen molar-refractivity contribution >= 4 is 32.6 Å². The van der Waals surface area contributed by atoms with E-state index < -0.39 is 0 Å². The van der Waals surface area contributed by atoms with Crippen LogP contribution in [0.3, 0.4) is 0 Å². The number of hydrogen-bond acceptors (Lipinski definition) is 5. The van der Waals surface area contributed by atoms with Gasteiger partial charge >= 0.3 is 0 Å². The number of anilines is 1. The van der Waals surface area contributed by atoms with Gasteiger partial charge in [-0.25, -0.2) is 4.98 Å². The lowest BCUT2D eigenvalue weighted by Gasteiger charge is -2.19. The molecule has 2 aromatic carbocycles. The molecule has 6 heteroatoms. The van der Waals surface area contributed by atoms with E-state index in [9.17, 15) is 4.79 Å². The smallest absolute Gasteiger partial charge is 0.260 e. The molecule has 0 aliphatic carbocycles. The Hall–Kier alpha value is -2.44. The highest BCUT2D eigenvalue weighted by molar-refractivity contribution is 7.22. The van der Waals surface area contributed by atoms with Crippen molar-refractivity contribution < 1.29 is 14.3 Å². The van der Waals surface area contributed by atoms with Crippen molar-refractivity contribution in [2.45, 2.75) is 0 Å². The van der Waals surface area contributed by atoms with Crippen LogP contribution in [-0.2, 0) is 4.74 Å². The first-order chi connectivity index (χ1) is 11.7. The van der Waals surface area contributed by atoms with Gasteiger partial charge in [0.25, 0.3) is 5.91 Å². The summed E-state index contributed by atoms with van der Waals surface area (Å²) in [6.07, 6.45) is 0. The predicted molar refractivity (Wildman–Crippen MR) is 96.2 cm³/mol. The minimum atomic E-state index is -0.120. The quantitative estimate of drug-likeness (QED) is 0.687. The lowest BCUT2D eigenvalue weighted by Crippen LogP contribution is -2.33. The van der Waals surface area contributed by atoms with Gasteiger partial charge in [0.1, 0.15) is 5.75 Å². The number of rotatable bonds is 6. The summed E-state index contributed by atoms with van der Waals surface area (Å²) in [5.74, 6) is 0.529. The fourth-order valence-corrected chi connectivity index (χ4v) is 3.34. The largest absolute Gasteiger partial charge is 0.497 e. The zero-order chi connectivity index (χ0) is 16.9. The average molecular weight is 342 g/mol. The molecule has 0 N–H and O–H groups in total. The van der Waals surface area contributed by atoms with Crippen molar-refractivity contribution in [3.63, 3.8) is 0 Å². The summed E-state index contributed by atoms with van der Waals surface area (Å²) in [5, 5.41) is 0.668. The third-order valence-corrected chi connectivity index (χ3v) is 4.65. The number of aromatic nitrogens is 1. The van der Waals surface area contributed by atoms with E-state index in [1.54, 1.807) is 37.3 Å². The number of methoxy groups -OCH3 is 2. The highest BCUT2D eigenvalue weighted by atomic mass is 32.1. The number of amides is 1. The van der Waals surface area contributed by atoms with Gasteiger partial charge in [-0.3, -0.25) is 9.69 Å². The molecule has 0 radical (unpaired) electrons. The van der Waals surface area contributed by atoms with Crippen molar-refractivity contribution in [1.29, 1.82) is 0 Å². The fourth-order valence-electron chi connectivity index (χ4n) is 2.35. The van der Waals surface area contributed by atoms with Crippen LogP contribution in [0, 0.1) is 0 Å². The molecule has 0 atom stereocenters. The minimum Gasteiger partial charge on any atom is -0.497 e. The summed E-state index contributed by atoms with van der Waals surface area (Å²) in [5.41, 5.74) is 1.45. The molecule has 0 saturated heterocycles. The van der Waals surface area contributed by atoms with Crippen LogP contribution in [-0.4, -0.2) is 38.3 Å². The number of ether oxygens (including phenoxy) is 2. The van der Waals surface area contributed by atoms with Gasteiger partial charge in [0.05, 0.1) is 30.5 Å². The van der Waals surface area contributed by atoms with E-state index in [-0.39, 0.29) is 5.91 Å². The topological polar surface area (TPSA) is 51.7 Å². The van der Waals surface area contributed by atoms with Crippen LogP contribution in [0.4, 0.5) is 5.13 Å². The molecule has 0 saturated carbocycles. The molecule has 0 bridgehead atoms. The Balaban J connectivity index is 1.97. The van der Waals surface area contributed by atoms with Crippen LogP contribution in [0.2, 0.25) is 0 Å². The third kappa shape index (κ3) is 3.39. The summed E-state index contributed by atoms with van der Waals surface area (Å²) in [6, 6.07) is 15.0. The van der Waals surface area contributed by atoms with Gasteiger partial charge in [-0.2, -0.15) is 0 Å². The van der Waals surface area contributed by atoms with Gasteiger partial charge in [-0.1, -0.05) is 29.5 Å². The molecular formula is C18H18N2O3S. The molecule has 1 heterocycles. The number of fused-ring (bicyclic) bond motifs is 1. The van der Waals surface area contributed by atoms with Gasteiger partial charge in [0.2, 0.25) is 0 Å². The van der Waals surface area contributed by atoms with Crippen LogP contribution in [0.5, 0.6) is 5.75 Å². The Kier molecular flexibility index (Phi) is 5.08. The average Bonchev–Trinajstić information content (AvgIpc) is 3.05. The maximum absolute atomic E-state index is 13.0. The van der Waals surface area contributed by atoms with Gasteiger partial charge in [-0.05, 0) is 30.3 Å². The normalized spacial score (nSPS) is 10.8. The molecule has 5 nitrogen and oxygen atoms in total. The molecule has 0 fully saturated rings. The molecule has 0 aliphatic heterocycles. The lowest BCUT2D eigenvalue weighted by molar-refractivity contribution is 0.0975. The number of para-hydroxylation sites is 1. The standard InChI is InChI=1S/C18H18N2O3S/c1-22-11-10-20(17(21)13-6-5-7-14(12-13)23-2)18-19-15-8-3-4-9-16(15)24-18/h3-9,12H,10-11H2,1-2H3. The third-order valence-electron chi connectivity index (χ3n) is 3.59. The molecule has 124 valence electrons. The van der Waals surface area contributed by atoms with Gasteiger partial charge in [0, 0.05) is 12.7 Å². The van der Waals surface area contributed by atoms with Crippen molar-refractivity contribution in [3.8, 4) is 5.75 Å². The van der Waals surface area contributed by atoms with Crippen LogP contribution in [0.15, 0.2) is 48.5 Å². The zero-order valence-corrected chi connectivity index (χ0v) is 14.4. The molecule has 1 amide bonds. The van der Waals surface area contributed by atoms with Crippen LogP contribution >= 0.6 is 11.3 Å². The van der Waals surface area contributed by atoms with Crippen molar-refractivity contribution in [2.24, 2.45) is 0 Å². The second-order valence-electron chi connectivity index (χ2n) is 5.15. The van der Waals surface area contributed by atoms with Crippen molar-refractivity contribution in [1.82, 2.24) is 4.98 Å². The van der Waals surface area contributed by atoms with Crippen LogP contribution in [0.25, 0.3) is 10.2 Å². The van der Waals surface area contributed by atoms with Gasteiger partial charge in [-0.15, -0.1) is 0 Å². The van der Waals surface area contributed by atoms with Crippen molar-refractivity contribution in [3.05, 3.63) is 54.1 Å². The van der Waals surface area contributed by atoms with E-state index in [0.717, 1.165) is 10.2 Å². The molecule has 0 unspecified atom stereocenters. The summed E-state index contributed by atoms with van der Waals surface area (Å²) in [4.78, 5) is 19.2. The number of hydrogen-bond donors (Lipinski definition) is 0. The second-order valence-corrected chi connectivity index (χ2v) is 6.15. The van der Waals surface area contributed by atoms with Crippen LogP contribution < -0.4 is 9.64 Å². The second kappa shape index (κ2) is 7.42. The molecular weight excluding hydrogens is 324 g/mol. The molecule has 0 aliphatic rings. The highest BCUT2D eigenvalue weighted by Gasteiger charge is 2.21. The summed E-state index contributed by atoms with van der Waals surface area (Å²) < 4.78 is 11.4. The van der Waals surface area contributed by atoms with E-state index in [1.807, 2.05) is 30.3 Å². The molecule has 0 spiro atoms. The maximum Gasteiger partial charge on any atom is 0.260 e. The summed E-state index contributed by atoms with van der Waals surface area (Å²) in [6.45, 7) is 0.873. The van der Waals surface area contributed by atoms with Gasteiger partial charge in [0.15, 0.2) is 5.13 Å². The number of nitrogens with zero attached hydrogens (tertiary/aromatic N) is 2. The van der Waals surface area contributed by atoms with E-state index >= 15 is 0 Å². The minimum absolute atomic E-state index is 0.120. The molecule has 1 aromatic heterocycles. The Bertz CT molecular complexity index is 814. The predicted octanol–water partition coefficient (Wildman–Crippen LogP) is 3.60. The summed E-state index contributed by atoms with van der Waals surface area (Å²) in [7, 11) is 3.20. The van der Waals surface area contributed by atoms with E-state index in [2.05, 4.69) is 4.98 Å². The molecule has 3 aromatic rings. The zero-order valence-electron chi connectivity index (χ0n) is 13.6. The number of carbonyl (C=O) groups is 1. The van der Waals surface area contributed by atoms with Crippen molar-refractivity contribution in [2.75, 3.05) is 32.3 Å². The number of benzene rings is 2.